The Hall–Kier alpha value is -4.01. The minimum atomic E-state index is -0.708. The van der Waals surface area contributed by atoms with Crippen LogP contribution in [0.3, 0.4) is 0 Å². The van der Waals surface area contributed by atoms with Gasteiger partial charge in [0.2, 0.25) is 0 Å². The van der Waals surface area contributed by atoms with Crippen LogP contribution in [0.15, 0.2) is 65.3 Å². The van der Waals surface area contributed by atoms with Crippen LogP contribution in [0.5, 0.6) is 11.5 Å². The summed E-state index contributed by atoms with van der Waals surface area (Å²) in [5.41, 5.74) is 2.92. The van der Waals surface area contributed by atoms with E-state index in [0.717, 1.165) is 16.0 Å². The van der Waals surface area contributed by atoms with Crippen molar-refractivity contribution in [1.29, 1.82) is 0 Å². The molecule has 0 bridgehead atoms. The second-order valence-electron chi connectivity index (χ2n) is 8.19. The Morgan fingerprint density at radius 2 is 1.65 bits per heavy atom. The summed E-state index contributed by atoms with van der Waals surface area (Å²) in [6, 6.07) is 14.9. The molecule has 4 rings (SSSR count). The maximum Gasteiger partial charge on any atom is 0.283 e. The standard InChI is InChI=1S/C27H23Cl2N3O5/c1-14-8-9-16(25(33)31-19-7-5-6-18(28)15(19)2)12-20(14)30-24-23(29)26(34)32(27(24)35)21-11-10-17(36-3)13-22(21)37-4/h5-13,30H,1-4H3,(H,31,33). The zero-order valence-electron chi connectivity index (χ0n) is 20.4. The highest BCUT2D eigenvalue weighted by Gasteiger charge is 2.40. The SMILES string of the molecule is COc1ccc(N2C(=O)C(Cl)=C(Nc3cc(C(=O)Nc4cccc(Cl)c4C)ccc3C)C2=O)c(OC)c1. The average Bonchev–Trinajstić information content (AvgIpc) is 3.10. The largest absolute Gasteiger partial charge is 0.497 e. The Balaban J connectivity index is 1.61. The van der Waals surface area contributed by atoms with Crippen LogP contribution >= 0.6 is 23.2 Å². The van der Waals surface area contributed by atoms with Crippen LogP contribution in [0.25, 0.3) is 0 Å². The summed E-state index contributed by atoms with van der Waals surface area (Å²) < 4.78 is 10.5. The Kier molecular flexibility index (Phi) is 7.42. The van der Waals surface area contributed by atoms with E-state index in [9.17, 15) is 14.4 Å². The Labute approximate surface area is 223 Å². The van der Waals surface area contributed by atoms with E-state index in [2.05, 4.69) is 10.6 Å². The molecule has 1 aliphatic rings. The highest BCUT2D eigenvalue weighted by Crippen LogP contribution is 2.38. The summed E-state index contributed by atoms with van der Waals surface area (Å²) in [7, 11) is 2.91. The first-order chi connectivity index (χ1) is 17.7. The van der Waals surface area contributed by atoms with E-state index in [1.165, 1.54) is 20.3 Å². The monoisotopic (exact) mass is 539 g/mol. The molecule has 0 fully saturated rings. The molecule has 8 nitrogen and oxygen atoms in total. The molecule has 1 heterocycles. The van der Waals surface area contributed by atoms with Gasteiger partial charge in [-0.1, -0.05) is 35.3 Å². The van der Waals surface area contributed by atoms with Crippen molar-refractivity contribution in [2.45, 2.75) is 13.8 Å². The fraction of sp³-hybridized carbons (Fsp3) is 0.148. The number of nitrogens with one attached hydrogen (secondary N) is 2. The van der Waals surface area contributed by atoms with Crippen molar-refractivity contribution >= 4 is 58.0 Å². The van der Waals surface area contributed by atoms with Gasteiger partial charge in [0.1, 0.15) is 22.2 Å². The van der Waals surface area contributed by atoms with E-state index in [1.54, 1.807) is 62.4 Å². The number of hydrogen-bond donors (Lipinski definition) is 2. The molecule has 3 aromatic carbocycles. The highest BCUT2D eigenvalue weighted by atomic mass is 35.5. The molecule has 190 valence electrons. The number of amides is 3. The number of methoxy groups -OCH3 is 2. The van der Waals surface area contributed by atoms with Crippen molar-refractivity contribution < 1.29 is 23.9 Å². The highest BCUT2D eigenvalue weighted by molar-refractivity contribution is 6.53. The lowest BCUT2D eigenvalue weighted by atomic mass is 10.1. The first-order valence-corrected chi connectivity index (χ1v) is 11.9. The van der Waals surface area contributed by atoms with Gasteiger partial charge in [-0.25, -0.2) is 4.90 Å². The molecule has 0 saturated heterocycles. The molecule has 0 aliphatic carbocycles. The quantitative estimate of drug-likeness (QED) is 0.376. The van der Waals surface area contributed by atoms with Crippen LogP contribution in [0.2, 0.25) is 5.02 Å². The van der Waals surface area contributed by atoms with Crippen molar-refractivity contribution in [3.63, 3.8) is 0 Å². The maximum atomic E-state index is 13.3. The van der Waals surface area contributed by atoms with E-state index in [-0.39, 0.29) is 28.1 Å². The molecule has 0 radical (unpaired) electrons. The molecule has 0 spiro atoms. The number of nitrogens with zero attached hydrogens (tertiary/aromatic N) is 1. The fourth-order valence-electron chi connectivity index (χ4n) is 3.77. The number of carbonyl (C=O) groups excluding carboxylic acids is 3. The number of imide groups is 1. The van der Waals surface area contributed by atoms with Gasteiger partial charge in [0.15, 0.2) is 0 Å². The third-order valence-electron chi connectivity index (χ3n) is 5.93. The van der Waals surface area contributed by atoms with E-state index in [4.69, 9.17) is 32.7 Å². The molecule has 37 heavy (non-hydrogen) atoms. The smallest absolute Gasteiger partial charge is 0.283 e. The van der Waals surface area contributed by atoms with Crippen molar-refractivity contribution in [3.8, 4) is 11.5 Å². The fourth-order valence-corrected chi connectivity index (χ4v) is 4.16. The molecule has 10 heteroatoms. The van der Waals surface area contributed by atoms with Crippen LogP contribution in [0, 0.1) is 13.8 Å². The van der Waals surface area contributed by atoms with Gasteiger partial charge in [0.05, 0.1) is 19.9 Å². The van der Waals surface area contributed by atoms with Crippen LogP contribution < -0.4 is 25.0 Å². The third-order valence-corrected chi connectivity index (χ3v) is 6.69. The topological polar surface area (TPSA) is 97.0 Å². The number of aryl methyl sites for hydroxylation is 1. The van der Waals surface area contributed by atoms with Gasteiger partial charge in [0, 0.05) is 28.0 Å². The van der Waals surface area contributed by atoms with Crippen LogP contribution in [-0.4, -0.2) is 31.9 Å². The summed E-state index contributed by atoms with van der Waals surface area (Å²) in [6.07, 6.45) is 0. The lowest BCUT2D eigenvalue weighted by Crippen LogP contribution is -2.32. The predicted molar refractivity (Wildman–Crippen MR) is 144 cm³/mol. The first-order valence-electron chi connectivity index (χ1n) is 11.1. The first kappa shape index (κ1) is 26.1. The molecule has 1 aliphatic heterocycles. The number of ether oxygens (including phenoxy) is 2. The van der Waals surface area contributed by atoms with Crippen LogP contribution in [0.1, 0.15) is 21.5 Å². The van der Waals surface area contributed by atoms with Crippen LogP contribution in [0.4, 0.5) is 17.1 Å². The van der Waals surface area contributed by atoms with Gasteiger partial charge in [-0.05, 0) is 61.4 Å². The molecule has 3 aromatic rings. The number of anilines is 3. The van der Waals surface area contributed by atoms with E-state index < -0.39 is 11.8 Å². The summed E-state index contributed by atoms with van der Waals surface area (Å²) in [5.74, 6) is -0.983. The Morgan fingerprint density at radius 1 is 0.892 bits per heavy atom. The van der Waals surface area contributed by atoms with Gasteiger partial charge in [-0.2, -0.15) is 0 Å². The molecule has 0 aromatic heterocycles. The summed E-state index contributed by atoms with van der Waals surface area (Å²) in [5, 5.41) is 6.04. The normalized spacial score (nSPS) is 13.2. The summed E-state index contributed by atoms with van der Waals surface area (Å²) >= 11 is 12.5. The number of benzene rings is 3. The maximum absolute atomic E-state index is 13.3. The Morgan fingerprint density at radius 3 is 2.35 bits per heavy atom. The van der Waals surface area contributed by atoms with Crippen molar-refractivity contribution in [2.24, 2.45) is 0 Å². The molecule has 2 N–H and O–H groups in total. The molecular formula is C27H23Cl2N3O5. The van der Waals surface area contributed by atoms with Crippen molar-refractivity contribution in [1.82, 2.24) is 0 Å². The average molecular weight is 540 g/mol. The van der Waals surface area contributed by atoms with E-state index >= 15 is 0 Å². The van der Waals surface area contributed by atoms with Gasteiger partial charge in [0.25, 0.3) is 17.7 Å². The molecule has 0 saturated carbocycles. The van der Waals surface area contributed by atoms with E-state index in [0.29, 0.717) is 27.7 Å². The summed E-state index contributed by atoms with van der Waals surface area (Å²) in [4.78, 5) is 40.2. The number of rotatable bonds is 7. The number of hydrogen-bond acceptors (Lipinski definition) is 6. The second-order valence-corrected chi connectivity index (χ2v) is 8.98. The summed E-state index contributed by atoms with van der Waals surface area (Å²) in [6.45, 7) is 3.60. The number of carbonyl (C=O) groups is 3. The van der Waals surface area contributed by atoms with Crippen molar-refractivity contribution in [3.05, 3.63) is 87.0 Å². The lowest BCUT2D eigenvalue weighted by Gasteiger charge is -2.19. The van der Waals surface area contributed by atoms with Gasteiger partial charge in [-0.15, -0.1) is 0 Å². The predicted octanol–water partition coefficient (Wildman–Crippen LogP) is 5.66. The molecule has 0 atom stereocenters. The van der Waals surface area contributed by atoms with Crippen LogP contribution in [-0.2, 0) is 9.59 Å². The van der Waals surface area contributed by atoms with Gasteiger partial charge < -0.3 is 20.1 Å². The van der Waals surface area contributed by atoms with Crippen molar-refractivity contribution in [2.75, 3.05) is 29.8 Å². The molecule has 3 amide bonds. The zero-order valence-corrected chi connectivity index (χ0v) is 22.0. The third kappa shape index (κ3) is 4.98. The van der Waals surface area contributed by atoms with Gasteiger partial charge >= 0.3 is 0 Å². The second kappa shape index (κ2) is 10.5. The minimum Gasteiger partial charge on any atom is -0.497 e. The van der Waals surface area contributed by atoms with E-state index in [1.807, 2.05) is 0 Å². The lowest BCUT2D eigenvalue weighted by molar-refractivity contribution is -0.120. The molecule has 0 unspecified atom stereocenters. The minimum absolute atomic E-state index is 0.115. The zero-order chi connectivity index (χ0) is 26.9. The Bertz CT molecular complexity index is 1470. The van der Waals surface area contributed by atoms with Gasteiger partial charge in [-0.3, -0.25) is 14.4 Å². The molecular weight excluding hydrogens is 517 g/mol. The number of halogens is 2.